The van der Waals surface area contributed by atoms with Gasteiger partial charge in [-0.3, -0.25) is 0 Å². The summed E-state index contributed by atoms with van der Waals surface area (Å²) in [5.74, 6) is -0.309. The SMILES string of the molecule is Cc1ccc(C2(O)COC2)c(F)c1C. The second kappa shape index (κ2) is 3.04. The van der Waals surface area contributed by atoms with E-state index in [1.165, 1.54) is 0 Å². The zero-order valence-electron chi connectivity index (χ0n) is 8.30. The summed E-state index contributed by atoms with van der Waals surface area (Å²) < 4.78 is 18.7. The molecule has 0 radical (unpaired) electrons. The van der Waals surface area contributed by atoms with E-state index in [1.54, 1.807) is 13.0 Å². The Hall–Kier alpha value is -0.930. The molecule has 0 spiro atoms. The lowest BCUT2D eigenvalue weighted by molar-refractivity contribution is -0.186. The topological polar surface area (TPSA) is 29.5 Å². The number of ether oxygens (including phenoxy) is 1. The molecule has 0 unspecified atom stereocenters. The molecule has 1 saturated heterocycles. The summed E-state index contributed by atoms with van der Waals surface area (Å²) in [6.07, 6.45) is 0. The van der Waals surface area contributed by atoms with E-state index < -0.39 is 5.60 Å². The van der Waals surface area contributed by atoms with Crippen LogP contribution in [0.5, 0.6) is 0 Å². The van der Waals surface area contributed by atoms with Gasteiger partial charge < -0.3 is 9.84 Å². The highest BCUT2D eigenvalue weighted by atomic mass is 19.1. The van der Waals surface area contributed by atoms with Crippen LogP contribution in [-0.2, 0) is 10.3 Å². The second-order valence-corrected chi connectivity index (χ2v) is 3.89. The Morgan fingerprint density at radius 2 is 2.00 bits per heavy atom. The molecule has 2 nitrogen and oxygen atoms in total. The van der Waals surface area contributed by atoms with E-state index in [0.717, 1.165) is 5.56 Å². The summed E-state index contributed by atoms with van der Waals surface area (Å²) in [5, 5.41) is 9.91. The number of hydrogen-bond acceptors (Lipinski definition) is 2. The quantitative estimate of drug-likeness (QED) is 0.740. The molecular formula is C11H13FO2. The lowest BCUT2D eigenvalue weighted by atomic mass is 9.89. The number of halogens is 1. The predicted octanol–water partition coefficient (Wildman–Crippen LogP) is 1.66. The lowest BCUT2D eigenvalue weighted by Gasteiger charge is -2.37. The van der Waals surface area contributed by atoms with Crippen molar-refractivity contribution >= 4 is 0 Å². The number of aryl methyl sites for hydroxylation is 1. The summed E-state index contributed by atoms with van der Waals surface area (Å²) in [6, 6.07) is 3.46. The van der Waals surface area contributed by atoms with Gasteiger partial charge in [0.2, 0.25) is 0 Å². The first-order valence-corrected chi connectivity index (χ1v) is 4.61. The molecule has 0 amide bonds. The minimum Gasteiger partial charge on any atom is -0.380 e. The molecule has 1 aliphatic heterocycles. The van der Waals surface area contributed by atoms with Gasteiger partial charge in [0.15, 0.2) is 0 Å². The molecule has 1 fully saturated rings. The Balaban J connectivity index is 2.49. The Labute approximate surface area is 82.3 Å². The van der Waals surface area contributed by atoms with Crippen molar-refractivity contribution in [3.8, 4) is 0 Å². The van der Waals surface area contributed by atoms with Gasteiger partial charge in [-0.15, -0.1) is 0 Å². The zero-order chi connectivity index (χ0) is 10.3. The first-order chi connectivity index (χ1) is 6.54. The van der Waals surface area contributed by atoms with Gasteiger partial charge in [-0.1, -0.05) is 12.1 Å². The van der Waals surface area contributed by atoms with Crippen LogP contribution < -0.4 is 0 Å². The van der Waals surface area contributed by atoms with Crippen molar-refractivity contribution < 1.29 is 14.2 Å². The van der Waals surface area contributed by atoms with Gasteiger partial charge in [0.25, 0.3) is 0 Å². The normalized spacial score (nSPS) is 19.1. The summed E-state index contributed by atoms with van der Waals surface area (Å²) >= 11 is 0. The molecule has 2 rings (SSSR count). The van der Waals surface area contributed by atoms with E-state index in [0.29, 0.717) is 11.1 Å². The van der Waals surface area contributed by atoms with Gasteiger partial charge >= 0.3 is 0 Å². The van der Waals surface area contributed by atoms with E-state index in [-0.39, 0.29) is 19.0 Å². The van der Waals surface area contributed by atoms with Crippen LogP contribution in [0.4, 0.5) is 4.39 Å². The Kier molecular flexibility index (Phi) is 2.09. The van der Waals surface area contributed by atoms with Crippen LogP contribution in [0.3, 0.4) is 0 Å². The number of rotatable bonds is 1. The lowest BCUT2D eigenvalue weighted by Crippen LogP contribution is -2.47. The monoisotopic (exact) mass is 196 g/mol. The zero-order valence-corrected chi connectivity index (χ0v) is 8.30. The molecule has 76 valence electrons. The second-order valence-electron chi connectivity index (χ2n) is 3.89. The van der Waals surface area contributed by atoms with Crippen LogP contribution in [0.25, 0.3) is 0 Å². The van der Waals surface area contributed by atoms with Gasteiger partial charge in [0.1, 0.15) is 11.4 Å². The average molecular weight is 196 g/mol. The third-order valence-electron chi connectivity index (χ3n) is 2.84. The van der Waals surface area contributed by atoms with Crippen molar-refractivity contribution in [3.05, 3.63) is 34.6 Å². The van der Waals surface area contributed by atoms with Gasteiger partial charge in [-0.2, -0.15) is 0 Å². The fraction of sp³-hybridized carbons (Fsp3) is 0.455. The van der Waals surface area contributed by atoms with Gasteiger partial charge in [0, 0.05) is 5.56 Å². The van der Waals surface area contributed by atoms with Crippen molar-refractivity contribution in [2.75, 3.05) is 13.2 Å². The predicted molar refractivity (Wildman–Crippen MR) is 50.6 cm³/mol. The van der Waals surface area contributed by atoms with Crippen LogP contribution in [0.15, 0.2) is 12.1 Å². The van der Waals surface area contributed by atoms with Crippen molar-refractivity contribution in [2.45, 2.75) is 19.4 Å². The van der Waals surface area contributed by atoms with Gasteiger partial charge in [-0.25, -0.2) is 4.39 Å². The Morgan fingerprint density at radius 1 is 1.36 bits per heavy atom. The molecule has 1 heterocycles. The summed E-state index contributed by atoms with van der Waals surface area (Å²) in [5.41, 5.74) is 0.743. The first-order valence-electron chi connectivity index (χ1n) is 4.61. The highest BCUT2D eigenvalue weighted by molar-refractivity contribution is 5.36. The standard InChI is InChI=1S/C11H13FO2/c1-7-3-4-9(10(12)8(7)2)11(13)5-14-6-11/h3-4,13H,5-6H2,1-2H3. The molecule has 0 bridgehead atoms. The maximum atomic E-state index is 13.8. The van der Waals surface area contributed by atoms with Crippen LogP contribution in [-0.4, -0.2) is 18.3 Å². The van der Waals surface area contributed by atoms with E-state index >= 15 is 0 Å². The maximum absolute atomic E-state index is 13.8. The summed E-state index contributed by atoms with van der Waals surface area (Å²) in [6.45, 7) is 3.94. The van der Waals surface area contributed by atoms with Gasteiger partial charge in [0.05, 0.1) is 13.2 Å². The minimum absolute atomic E-state index is 0.187. The van der Waals surface area contributed by atoms with Crippen LogP contribution in [0, 0.1) is 19.7 Å². The minimum atomic E-state index is -1.11. The smallest absolute Gasteiger partial charge is 0.139 e. The summed E-state index contributed by atoms with van der Waals surface area (Å²) in [4.78, 5) is 0. The molecule has 0 atom stereocenters. The van der Waals surface area contributed by atoms with Crippen molar-refractivity contribution in [1.82, 2.24) is 0 Å². The summed E-state index contributed by atoms with van der Waals surface area (Å²) in [7, 11) is 0. The first kappa shape index (κ1) is 9.62. The van der Waals surface area contributed by atoms with Crippen LogP contribution >= 0.6 is 0 Å². The molecule has 0 saturated carbocycles. The molecule has 1 aromatic carbocycles. The molecule has 0 aromatic heterocycles. The van der Waals surface area contributed by atoms with Crippen LogP contribution in [0.2, 0.25) is 0 Å². The number of aliphatic hydroxyl groups is 1. The number of hydrogen-bond donors (Lipinski definition) is 1. The maximum Gasteiger partial charge on any atom is 0.139 e. The Morgan fingerprint density at radius 3 is 2.50 bits per heavy atom. The molecule has 0 aliphatic carbocycles. The fourth-order valence-electron chi connectivity index (χ4n) is 1.59. The average Bonchev–Trinajstić information content (AvgIpc) is 2.11. The molecule has 1 aromatic rings. The van der Waals surface area contributed by atoms with E-state index in [2.05, 4.69) is 0 Å². The highest BCUT2D eigenvalue weighted by Crippen LogP contribution is 2.32. The van der Waals surface area contributed by atoms with E-state index in [9.17, 15) is 9.50 Å². The Bertz CT molecular complexity index is 370. The van der Waals surface area contributed by atoms with Gasteiger partial charge in [-0.05, 0) is 25.0 Å². The molecule has 14 heavy (non-hydrogen) atoms. The molecule has 1 aliphatic rings. The van der Waals surface area contributed by atoms with E-state index in [1.807, 2.05) is 13.0 Å². The fourth-order valence-corrected chi connectivity index (χ4v) is 1.59. The highest BCUT2D eigenvalue weighted by Gasteiger charge is 2.40. The number of benzene rings is 1. The van der Waals surface area contributed by atoms with E-state index in [4.69, 9.17) is 4.74 Å². The van der Waals surface area contributed by atoms with Crippen molar-refractivity contribution in [2.24, 2.45) is 0 Å². The third kappa shape index (κ3) is 1.24. The van der Waals surface area contributed by atoms with Crippen molar-refractivity contribution in [3.63, 3.8) is 0 Å². The van der Waals surface area contributed by atoms with Crippen LogP contribution in [0.1, 0.15) is 16.7 Å². The molecule has 1 N–H and O–H groups in total. The molecule has 3 heteroatoms. The third-order valence-corrected chi connectivity index (χ3v) is 2.84. The largest absolute Gasteiger partial charge is 0.380 e. The molecular weight excluding hydrogens is 183 g/mol. The van der Waals surface area contributed by atoms with Crippen molar-refractivity contribution in [1.29, 1.82) is 0 Å².